The maximum atomic E-state index is 11.2. The van der Waals surface area contributed by atoms with Crippen molar-refractivity contribution in [2.75, 3.05) is 23.3 Å². The third kappa shape index (κ3) is 3.11. The Bertz CT molecular complexity index is 461. The van der Waals surface area contributed by atoms with E-state index < -0.39 is 5.91 Å². The molecule has 18 heavy (non-hydrogen) atoms. The maximum Gasteiger partial charge on any atom is 0.250 e. The summed E-state index contributed by atoms with van der Waals surface area (Å²) in [5.41, 5.74) is 12.7. The van der Waals surface area contributed by atoms with Crippen molar-refractivity contribution in [2.24, 2.45) is 5.73 Å². The number of anilines is 2. The largest absolute Gasteiger partial charge is 0.398 e. The molecule has 1 aliphatic rings. The Labute approximate surface area is 119 Å². The summed E-state index contributed by atoms with van der Waals surface area (Å²) in [6.07, 6.45) is 2.53. The van der Waals surface area contributed by atoms with Crippen LogP contribution in [0.15, 0.2) is 16.6 Å². The molecule has 1 aliphatic heterocycles. The number of amides is 1. The van der Waals surface area contributed by atoms with Crippen LogP contribution in [0.2, 0.25) is 0 Å². The standard InChI is InChI=1S/C12H16BrN3OS/c13-9-5-10(14)8(12(15)17)4-11(9)16-6-7-2-1-3-18-7/h4-5,7,16H,1-3,6,14H2,(H2,15,17). The van der Waals surface area contributed by atoms with E-state index in [-0.39, 0.29) is 0 Å². The number of hydrogen-bond acceptors (Lipinski definition) is 4. The number of nitrogens with one attached hydrogen (secondary N) is 1. The third-order valence-electron chi connectivity index (χ3n) is 2.95. The maximum absolute atomic E-state index is 11.2. The van der Waals surface area contributed by atoms with Crippen molar-refractivity contribution in [1.29, 1.82) is 0 Å². The molecule has 0 bridgehead atoms. The van der Waals surface area contributed by atoms with Crippen LogP contribution in [0.4, 0.5) is 11.4 Å². The van der Waals surface area contributed by atoms with E-state index in [1.165, 1.54) is 18.6 Å². The van der Waals surface area contributed by atoms with Crippen LogP contribution < -0.4 is 16.8 Å². The van der Waals surface area contributed by atoms with E-state index >= 15 is 0 Å². The van der Waals surface area contributed by atoms with Gasteiger partial charge >= 0.3 is 0 Å². The van der Waals surface area contributed by atoms with Gasteiger partial charge in [-0.2, -0.15) is 11.8 Å². The van der Waals surface area contributed by atoms with Crippen molar-refractivity contribution in [2.45, 2.75) is 18.1 Å². The molecule has 0 aromatic heterocycles. The van der Waals surface area contributed by atoms with Crippen LogP contribution in [0.5, 0.6) is 0 Å². The van der Waals surface area contributed by atoms with E-state index in [1.807, 2.05) is 11.8 Å². The molecule has 5 N–H and O–H groups in total. The van der Waals surface area contributed by atoms with E-state index in [4.69, 9.17) is 11.5 Å². The minimum Gasteiger partial charge on any atom is -0.398 e. The number of hydrogen-bond donors (Lipinski definition) is 3. The molecule has 1 fully saturated rings. The number of rotatable bonds is 4. The van der Waals surface area contributed by atoms with Crippen LogP contribution in [0, 0.1) is 0 Å². The van der Waals surface area contributed by atoms with Crippen LogP contribution in [0.1, 0.15) is 23.2 Å². The summed E-state index contributed by atoms with van der Waals surface area (Å²) >= 11 is 5.43. The van der Waals surface area contributed by atoms with Crippen molar-refractivity contribution in [3.05, 3.63) is 22.2 Å². The molecule has 4 nitrogen and oxygen atoms in total. The molecule has 1 saturated heterocycles. The molecular weight excluding hydrogens is 314 g/mol. The zero-order valence-electron chi connectivity index (χ0n) is 9.91. The molecule has 1 atom stereocenters. The van der Waals surface area contributed by atoms with Crippen LogP contribution in [0.3, 0.4) is 0 Å². The average Bonchev–Trinajstić information content (AvgIpc) is 2.80. The highest BCUT2D eigenvalue weighted by atomic mass is 79.9. The Balaban J connectivity index is 2.11. The molecule has 1 aromatic rings. The summed E-state index contributed by atoms with van der Waals surface area (Å²) in [4.78, 5) is 11.2. The topological polar surface area (TPSA) is 81.1 Å². The lowest BCUT2D eigenvalue weighted by molar-refractivity contribution is 0.100. The summed E-state index contributed by atoms with van der Waals surface area (Å²) in [5.74, 6) is 0.736. The minimum absolute atomic E-state index is 0.361. The summed E-state index contributed by atoms with van der Waals surface area (Å²) in [6, 6.07) is 3.42. The average molecular weight is 330 g/mol. The Morgan fingerprint density at radius 2 is 2.33 bits per heavy atom. The second-order valence-electron chi connectivity index (χ2n) is 4.30. The highest BCUT2D eigenvalue weighted by Crippen LogP contribution is 2.30. The first-order valence-corrected chi connectivity index (χ1v) is 7.66. The van der Waals surface area contributed by atoms with Gasteiger partial charge in [0.25, 0.3) is 5.91 Å². The third-order valence-corrected chi connectivity index (χ3v) is 5.00. The first kappa shape index (κ1) is 13.5. The normalized spacial score (nSPS) is 18.8. The van der Waals surface area contributed by atoms with Crippen molar-refractivity contribution < 1.29 is 4.79 Å². The monoisotopic (exact) mass is 329 g/mol. The van der Waals surface area contributed by atoms with Gasteiger partial charge in [-0.3, -0.25) is 4.79 Å². The number of thioether (sulfide) groups is 1. The van der Waals surface area contributed by atoms with Gasteiger partial charge in [-0.1, -0.05) is 0 Å². The van der Waals surface area contributed by atoms with Gasteiger partial charge in [0.15, 0.2) is 0 Å². The molecule has 0 radical (unpaired) electrons. The molecule has 0 aliphatic carbocycles. The van der Waals surface area contributed by atoms with Crippen LogP contribution >= 0.6 is 27.7 Å². The Morgan fingerprint density at radius 3 is 2.94 bits per heavy atom. The molecule has 1 aromatic carbocycles. The summed E-state index contributed by atoms with van der Waals surface area (Å²) in [5, 5.41) is 3.99. The first-order chi connectivity index (χ1) is 8.58. The second-order valence-corrected chi connectivity index (χ2v) is 6.56. The fraction of sp³-hybridized carbons (Fsp3) is 0.417. The van der Waals surface area contributed by atoms with Crippen LogP contribution in [-0.2, 0) is 0 Å². The van der Waals surface area contributed by atoms with Gasteiger partial charge < -0.3 is 16.8 Å². The molecule has 0 saturated carbocycles. The number of benzene rings is 1. The second kappa shape index (κ2) is 5.84. The summed E-state index contributed by atoms with van der Waals surface area (Å²) in [6.45, 7) is 0.894. The number of nitrogens with two attached hydrogens (primary N) is 2. The number of carbonyl (C=O) groups is 1. The molecule has 1 heterocycles. The molecule has 98 valence electrons. The van der Waals surface area contributed by atoms with Crippen LogP contribution in [-0.4, -0.2) is 23.5 Å². The Morgan fingerprint density at radius 1 is 1.56 bits per heavy atom. The zero-order chi connectivity index (χ0) is 13.1. The van der Waals surface area contributed by atoms with Gasteiger partial charge in [0.1, 0.15) is 0 Å². The van der Waals surface area contributed by atoms with E-state index in [0.717, 1.165) is 16.7 Å². The number of primary amides is 1. The molecule has 1 amide bonds. The van der Waals surface area contributed by atoms with Gasteiger partial charge in [0.05, 0.1) is 5.56 Å². The van der Waals surface area contributed by atoms with Gasteiger partial charge in [-0.25, -0.2) is 0 Å². The van der Waals surface area contributed by atoms with E-state index in [9.17, 15) is 4.79 Å². The number of halogens is 1. The van der Waals surface area contributed by atoms with Gasteiger partial charge in [0, 0.05) is 27.6 Å². The summed E-state index contributed by atoms with van der Waals surface area (Å²) < 4.78 is 0.855. The molecule has 2 rings (SSSR count). The molecule has 1 unspecified atom stereocenters. The molecule has 0 spiro atoms. The van der Waals surface area contributed by atoms with E-state index in [2.05, 4.69) is 21.2 Å². The SMILES string of the molecule is NC(=O)c1cc(NCC2CCCS2)c(Br)cc1N. The van der Waals surface area contributed by atoms with Crippen molar-refractivity contribution >= 4 is 45.0 Å². The highest BCUT2D eigenvalue weighted by Gasteiger charge is 2.16. The van der Waals surface area contributed by atoms with Crippen molar-refractivity contribution in [3.63, 3.8) is 0 Å². The molecular formula is C12H16BrN3OS. The van der Waals surface area contributed by atoms with Gasteiger partial charge in [-0.05, 0) is 46.7 Å². The number of nitrogen functional groups attached to an aromatic ring is 1. The predicted octanol–water partition coefficient (Wildman–Crippen LogP) is 2.44. The quantitative estimate of drug-likeness (QED) is 0.741. The van der Waals surface area contributed by atoms with E-state index in [0.29, 0.717) is 16.5 Å². The Kier molecular flexibility index (Phi) is 4.40. The van der Waals surface area contributed by atoms with E-state index in [1.54, 1.807) is 12.1 Å². The van der Waals surface area contributed by atoms with Crippen molar-refractivity contribution in [3.8, 4) is 0 Å². The lowest BCUT2D eigenvalue weighted by atomic mass is 10.1. The fourth-order valence-electron chi connectivity index (χ4n) is 1.97. The lowest BCUT2D eigenvalue weighted by Gasteiger charge is -2.14. The minimum atomic E-state index is -0.502. The predicted molar refractivity (Wildman–Crippen MR) is 81.0 cm³/mol. The fourth-order valence-corrected chi connectivity index (χ4v) is 3.67. The smallest absolute Gasteiger partial charge is 0.250 e. The molecule has 6 heteroatoms. The van der Waals surface area contributed by atoms with Gasteiger partial charge in [0.2, 0.25) is 0 Å². The summed E-state index contributed by atoms with van der Waals surface area (Å²) in [7, 11) is 0. The Hall–Kier alpha value is -0.880. The zero-order valence-corrected chi connectivity index (χ0v) is 12.3. The van der Waals surface area contributed by atoms with Crippen molar-refractivity contribution in [1.82, 2.24) is 0 Å². The van der Waals surface area contributed by atoms with Crippen LogP contribution in [0.25, 0.3) is 0 Å². The lowest BCUT2D eigenvalue weighted by Crippen LogP contribution is -2.17. The van der Waals surface area contributed by atoms with Gasteiger partial charge in [-0.15, -0.1) is 0 Å². The number of carbonyl (C=O) groups excluding carboxylic acids is 1. The highest BCUT2D eigenvalue weighted by molar-refractivity contribution is 9.10. The first-order valence-electron chi connectivity index (χ1n) is 5.82.